The molecule has 1 heterocycles. The van der Waals surface area contributed by atoms with Gasteiger partial charge >= 0.3 is 6.18 Å². The number of halogens is 3. The molecule has 2 amide bonds. The van der Waals surface area contributed by atoms with E-state index in [0.717, 1.165) is 37.0 Å². The molecule has 1 N–H and O–H groups in total. The van der Waals surface area contributed by atoms with E-state index in [1.807, 2.05) is 4.90 Å². The summed E-state index contributed by atoms with van der Waals surface area (Å²) >= 11 is 0. The van der Waals surface area contributed by atoms with Crippen LogP contribution in [0.25, 0.3) is 0 Å². The molecule has 0 aliphatic carbocycles. The van der Waals surface area contributed by atoms with Crippen LogP contribution in [-0.2, 0) is 11.0 Å². The molecule has 0 radical (unpaired) electrons. The Bertz CT molecular complexity index is 926. The number of nitrogens with one attached hydrogen (secondary N) is 1. The normalized spacial score (nSPS) is 17.3. The van der Waals surface area contributed by atoms with E-state index in [1.54, 1.807) is 38.4 Å². The van der Waals surface area contributed by atoms with Crippen molar-refractivity contribution in [2.45, 2.75) is 31.5 Å². The highest BCUT2D eigenvalue weighted by atomic mass is 19.4. The fourth-order valence-electron chi connectivity index (χ4n) is 3.83. The zero-order chi connectivity index (χ0) is 22.6. The van der Waals surface area contributed by atoms with Crippen molar-refractivity contribution >= 4 is 17.5 Å². The number of likely N-dealkylation sites (tertiary alicyclic amines) is 1. The monoisotopic (exact) mass is 433 g/mol. The van der Waals surface area contributed by atoms with Crippen LogP contribution in [0.4, 0.5) is 18.9 Å². The molecular formula is C23H26F3N3O2. The summed E-state index contributed by atoms with van der Waals surface area (Å²) in [6.07, 6.45) is -1.70. The Balaban J connectivity index is 1.68. The third-order valence-electron chi connectivity index (χ3n) is 5.38. The van der Waals surface area contributed by atoms with Crippen LogP contribution >= 0.6 is 0 Å². The van der Waals surface area contributed by atoms with Gasteiger partial charge in [-0.3, -0.25) is 14.5 Å². The maximum Gasteiger partial charge on any atom is 0.416 e. The van der Waals surface area contributed by atoms with E-state index < -0.39 is 11.7 Å². The SMILES string of the molecule is CN(C)C(=O)c1cccc(NC(=O)CN2CCCCC2c2ccc(C(F)(F)F)cc2)c1. The third-order valence-corrected chi connectivity index (χ3v) is 5.38. The number of hydrogen-bond acceptors (Lipinski definition) is 3. The number of nitrogens with zero attached hydrogens (tertiary/aromatic N) is 2. The summed E-state index contributed by atoms with van der Waals surface area (Å²) in [5.74, 6) is -0.386. The number of benzene rings is 2. The molecule has 1 saturated heterocycles. The van der Waals surface area contributed by atoms with Crippen molar-refractivity contribution in [1.82, 2.24) is 9.80 Å². The molecule has 1 unspecified atom stereocenters. The van der Waals surface area contributed by atoms with Crippen LogP contribution in [0.1, 0.15) is 46.8 Å². The van der Waals surface area contributed by atoms with Gasteiger partial charge in [-0.05, 0) is 55.3 Å². The van der Waals surface area contributed by atoms with Gasteiger partial charge in [-0.15, -0.1) is 0 Å². The maximum absolute atomic E-state index is 12.9. The molecule has 1 atom stereocenters. The lowest BCUT2D eigenvalue weighted by Crippen LogP contribution is -2.39. The Morgan fingerprint density at radius 1 is 1.10 bits per heavy atom. The summed E-state index contributed by atoms with van der Waals surface area (Å²) in [6, 6.07) is 11.8. The molecular weight excluding hydrogens is 407 g/mol. The topological polar surface area (TPSA) is 52.7 Å². The van der Waals surface area contributed by atoms with Gasteiger partial charge in [0.2, 0.25) is 5.91 Å². The van der Waals surface area contributed by atoms with E-state index in [9.17, 15) is 22.8 Å². The predicted octanol–water partition coefficient (Wildman–Crippen LogP) is 4.57. The summed E-state index contributed by atoms with van der Waals surface area (Å²) in [6.45, 7) is 0.815. The van der Waals surface area contributed by atoms with E-state index in [2.05, 4.69) is 5.32 Å². The van der Waals surface area contributed by atoms with Crippen molar-refractivity contribution in [1.29, 1.82) is 0 Å². The van der Waals surface area contributed by atoms with E-state index in [4.69, 9.17) is 0 Å². The molecule has 2 aromatic carbocycles. The first-order chi connectivity index (χ1) is 14.6. The van der Waals surface area contributed by atoms with E-state index in [1.165, 1.54) is 17.0 Å². The van der Waals surface area contributed by atoms with Crippen LogP contribution < -0.4 is 5.32 Å². The van der Waals surface area contributed by atoms with Crippen molar-refractivity contribution in [3.8, 4) is 0 Å². The minimum Gasteiger partial charge on any atom is -0.345 e. The van der Waals surface area contributed by atoms with Crippen LogP contribution in [0.2, 0.25) is 0 Å². The van der Waals surface area contributed by atoms with Crippen LogP contribution in [-0.4, -0.2) is 48.8 Å². The lowest BCUT2D eigenvalue weighted by atomic mass is 9.94. The molecule has 1 fully saturated rings. The number of rotatable bonds is 5. The summed E-state index contributed by atoms with van der Waals surface area (Å²) < 4.78 is 38.6. The molecule has 31 heavy (non-hydrogen) atoms. The molecule has 0 saturated carbocycles. The first-order valence-electron chi connectivity index (χ1n) is 10.2. The maximum atomic E-state index is 12.9. The highest BCUT2D eigenvalue weighted by molar-refractivity contribution is 5.97. The summed E-state index contributed by atoms with van der Waals surface area (Å²) in [5, 5.41) is 2.82. The van der Waals surface area contributed by atoms with Gasteiger partial charge in [0.05, 0.1) is 12.1 Å². The Morgan fingerprint density at radius 2 is 1.81 bits per heavy atom. The molecule has 0 aromatic heterocycles. The molecule has 1 aliphatic rings. The second-order valence-corrected chi connectivity index (χ2v) is 7.93. The first kappa shape index (κ1) is 22.8. The average Bonchev–Trinajstić information content (AvgIpc) is 2.73. The van der Waals surface area contributed by atoms with Gasteiger partial charge in [-0.25, -0.2) is 0 Å². The number of amides is 2. The number of alkyl halides is 3. The summed E-state index contributed by atoms with van der Waals surface area (Å²) in [7, 11) is 3.32. The Morgan fingerprint density at radius 3 is 2.45 bits per heavy atom. The lowest BCUT2D eigenvalue weighted by Gasteiger charge is -2.35. The summed E-state index contributed by atoms with van der Waals surface area (Å²) in [5.41, 5.74) is 1.10. The molecule has 0 bridgehead atoms. The Kier molecular flexibility index (Phi) is 7.00. The van der Waals surface area contributed by atoms with Gasteiger partial charge in [-0.2, -0.15) is 13.2 Å². The highest BCUT2D eigenvalue weighted by Crippen LogP contribution is 2.34. The average molecular weight is 433 g/mol. The second kappa shape index (κ2) is 9.51. The van der Waals surface area contributed by atoms with E-state index >= 15 is 0 Å². The van der Waals surface area contributed by atoms with Gasteiger partial charge < -0.3 is 10.2 Å². The van der Waals surface area contributed by atoms with Gasteiger partial charge in [0.25, 0.3) is 5.91 Å². The fourth-order valence-corrected chi connectivity index (χ4v) is 3.83. The highest BCUT2D eigenvalue weighted by Gasteiger charge is 2.31. The first-order valence-corrected chi connectivity index (χ1v) is 10.2. The van der Waals surface area contributed by atoms with Crippen molar-refractivity contribution in [3.05, 3.63) is 65.2 Å². The van der Waals surface area contributed by atoms with Crippen molar-refractivity contribution < 1.29 is 22.8 Å². The predicted molar refractivity (Wildman–Crippen MR) is 113 cm³/mol. The van der Waals surface area contributed by atoms with Gasteiger partial charge in [0, 0.05) is 31.4 Å². The Hall–Kier alpha value is -2.87. The van der Waals surface area contributed by atoms with Gasteiger partial charge in [-0.1, -0.05) is 24.6 Å². The number of anilines is 1. The minimum absolute atomic E-state index is 0.108. The molecule has 8 heteroatoms. The van der Waals surface area contributed by atoms with E-state index in [0.29, 0.717) is 17.8 Å². The molecule has 3 rings (SSSR count). The fraction of sp³-hybridized carbons (Fsp3) is 0.391. The smallest absolute Gasteiger partial charge is 0.345 e. The standard InChI is InChI=1S/C23H26F3N3O2/c1-28(2)22(31)17-6-5-7-19(14-17)27-21(30)15-29-13-4-3-8-20(29)16-9-11-18(12-10-16)23(24,25)26/h5-7,9-12,14,20H,3-4,8,13,15H2,1-2H3,(H,27,30). The molecule has 2 aromatic rings. The number of piperidine rings is 1. The van der Waals surface area contributed by atoms with Crippen molar-refractivity contribution in [3.63, 3.8) is 0 Å². The zero-order valence-corrected chi connectivity index (χ0v) is 17.6. The van der Waals surface area contributed by atoms with Gasteiger partial charge in [0.1, 0.15) is 0 Å². The van der Waals surface area contributed by atoms with Crippen LogP contribution in [0.5, 0.6) is 0 Å². The van der Waals surface area contributed by atoms with Gasteiger partial charge in [0.15, 0.2) is 0 Å². The minimum atomic E-state index is -4.37. The van der Waals surface area contributed by atoms with Crippen LogP contribution in [0, 0.1) is 0 Å². The Labute approximate surface area is 179 Å². The summed E-state index contributed by atoms with van der Waals surface area (Å²) in [4.78, 5) is 28.2. The zero-order valence-electron chi connectivity index (χ0n) is 17.6. The number of carbonyl (C=O) groups excluding carboxylic acids is 2. The van der Waals surface area contributed by atoms with Crippen molar-refractivity contribution in [2.75, 3.05) is 32.5 Å². The molecule has 166 valence electrons. The van der Waals surface area contributed by atoms with Crippen molar-refractivity contribution in [2.24, 2.45) is 0 Å². The largest absolute Gasteiger partial charge is 0.416 e. The number of carbonyl (C=O) groups is 2. The molecule has 0 spiro atoms. The van der Waals surface area contributed by atoms with E-state index in [-0.39, 0.29) is 24.4 Å². The third kappa shape index (κ3) is 5.85. The quantitative estimate of drug-likeness (QED) is 0.752. The molecule has 5 nitrogen and oxygen atoms in total. The van der Waals surface area contributed by atoms with Crippen LogP contribution in [0.15, 0.2) is 48.5 Å². The number of hydrogen-bond donors (Lipinski definition) is 1. The molecule has 1 aliphatic heterocycles. The van der Waals surface area contributed by atoms with Crippen LogP contribution in [0.3, 0.4) is 0 Å². The lowest BCUT2D eigenvalue weighted by molar-refractivity contribution is -0.137. The second-order valence-electron chi connectivity index (χ2n) is 7.93.